The number of nitriles is 1. The maximum atomic E-state index is 11.6. The molecule has 0 heterocycles. The summed E-state index contributed by atoms with van der Waals surface area (Å²) in [5.74, 6) is -0.0606. The number of aliphatic hydroxyl groups excluding tert-OH is 1. The van der Waals surface area contributed by atoms with Gasteiger partial charge in [-0.25, -0.2) is 0 Å². The fourth-order valence-corrected chi connectivity index (χ4v) is 1.86. The Morgan fingerprint density at radius 1 is 1.40 bits per heavy atom. The van der Waals surface area contributed by atoms with Crippen molar-refractivity contribution in [2.45, 2.75) is 26.0 Å². The number of carbonyl (C=O) groups is 1. The zero-order valence-corrected chi connectivity index (χ0v) is 12.1. The summed E-state index contributed by atoms with van der Waals surface area (Å²) in [6, 6.07) is 8.94. The Bertz CT molecular complexity index is 477. The largest absolute Gasteiger partial charge is 0.387 e. The van der Waals surface area contributed by atoms with Gasteiger partial charge in [-0.3, -0.25) is 9.69 Å². The Balaban J connectivity index is 2.50. The molecule has 0 aliphatic rings. The summed E-state index contributed by atoms with van der Waals surface area (Å²) in [4.78, 5) is 13.4. The first-order valence-corrected chi connectivity index (χ1v) is 6.58. The number of benzene rings is 1. The van der Waals surface area contributed by atoms with Crippen molar-refractivity contribution in [2.75, 3.05) is 20.1 Å². The van der Waals surface area contributed by atoms with Gasteiger partial charge in [0.1, 0.15) is 0 Å². The van der Waals surface area contributed by atoms with Gasteiger partial charge in [-0.15, -0.1) is 0 Å². The van der Waals surface area contributed by atoms with E-state index >= 15 is 0 Å². The van der Waals surface area contributed by atoms with Gasteiger partial charge in [0, 0.05) is 12.6 Å². The van der Waals surface area contributed by atoms with Gasteiger partial charge in [0.2, 0.25) is 5.91 Å². The standard InChI is InChI=1S/C15H21N3O2/c1-11(2)17-15(20)10-18(3)9-14(19)13-6-4-12(8-16)5-7-13/h4-7,11,14,19H,9-10H2,1-3H3,(H,17,20). The third-order valence-electron chi connectivity index (χ3n) is 2.77. The molecular weight excluding hydrogens is 254 g/mol. The van der Waals surface area contributed by atoms with Crippen molar-refractivity contribution in [3.63, 3.8) is 0 Å². The first kappa shape index (κ1) is 16.2. The second-order valence-corrected chi connectivity index (χ2v) is 5.17. The average Bonchev–Trinajstić information content (AvgIpc) is 2.37. The summed E-state index contributed by atoms with van der Waals surface area (Å²) in [6.07, 6.45) is -0.681. The average molecular weight is 275 g/mol. The minimum absolute atomic E-state index is 0.0606. The lowest BCUT2D eigenvalue weighted by atomic mass is 10.1. The zero-order chi connectivity index (χ0) is 15.1. The summed E-state index contributed by atoms with van der Waals surface area (Å²) in [6.45, 7) is 4.41. The third-order valence-corrected chi connectivity index (χ3v) is 2.77. The molecule has 0 bridgehead atoms. The first-order chi connectivity index (χ1) is 9.42. The highest BCUT2D eigenvalue weighted by Gasteiger charge is 2.13. The molecule has 0 saturated carbocycles. The summed E-state index contributed by atoms with van der Waals surface area (Å²) in [7, 11) is 1.78. The van der Waals surface area contributed by atoms with E-state index < -0.39 is 6.10 Å². The molecule has 1 rings (SSSR count). The van der Waals surface area contributed by atoms with E-state index in [2.05, 4.69) is 5.32 Å². The van der Waals surface area contributed by atoms with Crippen molar-refractivity contribution in [2.24, 2.45) is 0 Å². The molecule has 5 heteroatoms. The summed E-state index contributed by atoms with van der Waals surface area (Å²) >= 11 is 0. The van der Waals surface area contributed by atoms with Crippen molar-refractivity contribution in [3.05, 3.63) is 35.4 Å². The second-order valence-electron chi connectivity index (χ2n) is 5.17. The molecule has 20 heavy (non-hydrogen) atoms. The monoisotopic (exact) mass is 275 g/mol. The summed E-state index contributed by atoms with van der Waals surface area (Å²) in [5.41, 5.74) is 1.30. The molecule has 0 radical (unpaired) electrons. The van der Waals surface area contributed by atoms with E-state index in [4.69, 9.17) is 5.26 Å². The van der Waals surface area contributed by atoms with E-state index in [0.29, 0.717) is 12.1 Å². The highest BCUT2D eigenvalue weighted by atomic mass is 16.3. The van der Waals surface area contributed by atoms with Gasteiger partial charge >= 0.3 is 0 Å². The summed E-state index contributed by atoms with van der Waals surface area (Å²) in [5, 5.41) is 21.6. The Hall–Kier alpha value is -1.90. The molecular formula is C15H21N3O2. The summed E-state index contributed by atoms with van der Waals surface area (Å²) < 4.78 is 0. The van der Waals surface area contributed by atoms with Gasteiger partial charge in [-0.2, -0.15) is 5.26 Å². The van der Waals surface area contributed by atoms with Crippen molar-refractivity contribution < 1.29 is 9.90 Å². The fourth-order valence-electron chi connectivity index (χ4n) is 1.86. The van der Waals surface area contributed by atoms with Gasteiger partial charge in [0.25, 0.3) is 0 Å². The molecule has 5 nitrogen and oxygen atoms in total. The van der Waals surface area contributed by atoms with E-state index in [9.17, 15) is 9.90 Å². The van der Waals surface area contributed by atoms with Gasteiger partial charge in [-0.05, 0) is 38.6 Å². The minimum atomic E-state index is -0.681. The predicted octanol–water partition coefficient (Wildman–Crippen LogP) is 1.05. The number of hydrogen-bond acceptors (Lipinski definition) is 4. The van der Waals surface area contributed by atoms with Crippen LogP contribution < -0.4 is 5.32 Å². The highest BCUT2D eigenvalue weighted by molar-refractivity contribution is 5.78. The lowest BCUT2D eigenvalue weighted by Crippen LogP contribution is -2.39. The van der Waals surface area contributed by atoms with Crippen molar-refractivity contribution >= 4 is 5.91 Å². The van der Waals surface area contributed by atoms with Crippen LogP contribution in [0.25, 0.3) is 0 Å². The molecule has 0 aliphatic heterocycles. The van der Waals surface area contributed by atoms with Crippen LogP contribution in [0.1, 0.15) is 31.1 Å². The quantitative estimate of drug-likeness (QED) is 0.813. The Morgan fingerprint density at radius 3 is 2.50 bits per heavy atom. The van der Waals surface area contributed by atoms with Crippen LogP contribution in [0.2, 0.25) is 0 Å². The van der Waals surface area contributed by atoms with Crippen LogP contribution in [0.15, 0.2) is 24.3 Å². The molecule has 0 aromatic heterocycles. The fraction of sp³-hybridized carbons (Fsp3) is 0.467. The SMILES string of the molecule is CC(C)NC(=O)CN(C)CC(O)c1ccc(C#N)cc1. The molecule has 1 unspecified atom stereocenters. The Labute approximate surface area is 119 Å². The number of rotatable bonds is 6. The molecule has 108 valence electrons. The maximum Gasteiger partial charge on any atom is 0.234 e. The number of carbonyl (C=O) groups excluding carboxylic acids is 1. The van der Waals surface area contributed by atoms with E-state index in [-0.39, 0.29) is 18.5 Å². The van der Waals surface area contributed by atoms with Gasteiger partial charge in [0.05, 0.1) is 24.3 Å². The van der Waals surface area contributed by atoms with E-state index in [1.54, 1.807) is 36.2 Å². The number of nitrogens with zero attached hydrogens (tertiary/aromatic N) is 2. The highest BCUT2D eigenvalue weighted by Crippen LogP contribution is 2.14. The Kier molecular flexibility index (Phi) is 6.16. The number of nitrogens with one attached hydrogen (secondary N) is 1. The van der Waals surface area contributed by atoms with Crippen LogP contribution in [0.4, 0.5) is 0 Å². The number of hydrogen-bond donors (Lipinski definition) is 2. The smallest absolute Gasteiger partial charge is 0.234 e. The number of aliphatic hydroxyl groups is 1. The molecule has 0 spiro atoms. The third kappa shape index (κ3) is 5.39. The zero-order valence-electron chi connectivity index (χ0n) is 12.1. The van der Waals surface area contributed by atoms with Gasteiger partial charge in [-0.1, -0.05) is 12.1 Å². The van der Waals surface area contributed by atoms with E-state index in [0.717, 1.165) is 5.56 Å². The van der Waals surface area contributed by atoms with Crippen LogP contribution in [-0.2, 0) is 4.79 Å². The van der Waals surface area contributed by atoms with Crippen molar-refractivity contribution in [1.29, 1.82) is 5.26 Å². The maximum absolute atomic E-state index is 11.6. The van der Waals surface area contributed by atoms with Crippen LogP contribution in [0, 0.1) is 11.3 Å². The molecule has 1 atom stereocenters. The van der Waals surface area contributed by atoms with Gasteiger partial charge < -0.3 is 10.4 Å². The van der Waals surface area contributed by atoms with Crippen LogP contribution in [0.5, 0.6) is 0 Å². The van der Waals surface area contributed by atoms with E-state index in [1.165, 1.54) is 0 Å². The minimum Gasteiger partial charge on any atom is -0.387 e. The Morgan fingerprint density at radius 2 is 2.00 bits per heavy atom. The lowest BCUT2D eigenvalue weighted by molar-refractivity contribution is -0.122. The van der Waals surface area contributed by atoms with Crippen molar-refractivity contribution in [1.82, 2.24) is 10.2 Å². The molecule has 0 saturated heterocycles. The molecule has 1 aromatic carbocycles. The second kappa shape index (κ2) is 7.63. The van der Waals surface area contributed by atoms with Crippen molar-refractivity contribution in [3.8, 4) is 6.07 Å². The topological polar surface area (TPSA) is 76.4 Å². The predicted molar refractivity (Wildman–Crippen MR) is 76.9 cm³/mol. The first-order valence-electron chi connectivity index (χ1n) is 6.58. The molecule has 0 fully saturated rings. The number of likely N-dealkylation sites (N-methyl/N-ethyl adjacent to an activating group) is 1. The normalized spacial score (nSPS) is 12.2. The lowest BCUT2D eigenvalue weighted by Gasteiger charge is -2.21. The molecule has 0 aliphatic carbocycles. The van der Waals surface area contributed by atoms with Crippen LogP contribution in [-0.4, -0.2) is 42.1 Å². The van der Waals surface area contributed by atoms with E-state index in [1.807, 2.05) is 19.9 Å². The molecule has 1 aromatic rings. The molecule has 1 amide bonds. The number of amides is 1. The van der Waals surface area contributed by atoms with Gasteiger partial charge in [0.15, 0.2) is 0 Å². The van der Waals surface area contributed by atoms with Crippen LogP contribution in [0.3, 0.4) is 0 Å². The van der Waals surface area contributed by atoms with Crippen LogP contribution >= 0.6 is 0 Å². The molecule has 2 N–H and O–H groups in total.